The van der Waals surface area contributed by atoms with Crippen LogP contribution in [-0.4, -0.2) is 23.0 Å². The van der Waals surface area contributed by atoms with Crippen molar-refractivity contribution in [2.24, 2.45) is 0 Å². The Morgan fingerprint density at radius 2 is 1.70 bits per heavy atom. The second-order valence-electron chi connectivity index (χ2n) is 12.4. The number of carbonyl (C=O) groups excluding carboxylic acids is 1. The van der Waals surface area contributed by atoms with Crippen molar-refractivity contribution in [2.45, 2.75) is 85.5 Å². The average molecular weight is 629 g/mol. The van der Waals surface area contributed by atoms with Crippen molar-refractivity contribution in [3.63, 3.8) is 0 Å². The molecule has 228 valence electrons. The molecule has 0 amide bonds. The molecule has 1 atom stereocenters. The predicted octanol–water partition coefficient (Wildman–Crippen LogP) is 7.79. The summed E-state index contributed by atoms with van der Waals surface area (Å²) in [5, 5.41) is 1.04. The smallest absolute Gasteiger partial charge is 0.660 e. The molecular formula is C37H38N4NiO2. The first-order valence-electron chi connectivity index (χ1n) is 15.5. The van der Waals surface area contributed by atoms with Crippen molar-refractivity contribution in [1.29, 1.82) is 0 Å². The van der Waals surface area contributed by atoms with Crippen molar-refractivity contribution in [3.05, 3.63) is 81.1 Å². The standard InChI is InChI=1S/C37H38N4O2.Ni/c1-8-22-19(3)29-18-31-37(6,9-2)27-12-10-11-25(36(27)40-31)33-21(5)24(15-16-32(42)43-7)35(41-33)26-14-13-23-20(4)28(39-34(23)26)17-30(22)38-29;/h10-12,17-18H,8-9,13-16H2,1-7H3;/q-2;+2. The summed E-state index contributed by atoms with van der Waals surface area (Å²) in [5.41, 5.74) is 17.3. The van der Waals surface area contributed by atoms with Gasteiger partial charge in [-0.05, 0) is 91.5 Å². The monoisotopic (exact) mass is 628 g/mol. The van der Waals surface area contributed by atoms with E-state index in [1.807, 2.05) is 0 Å². The molecule has 0 radical (unpaired) electrons. The number of allylic oxidation sites excluding steroid dienone is 4. The number of hydrogen-bond donors (Lipinski definition) is 0. The van der Waals surface area contributed by atoms with Gasteiger partial charge in [-0.1, -0.05) is 67.8 Å². The Labute approximate surface area is 269 Å². The number of methoxy groups -OCH3 is 1. The molecule has 44 heavy (non-hydrogen) atoms. The first-order valence-corrected chi connectivity index (χ1v) is 15.5. The predicted molar refractivity (Wildman–Crippen MR) is 173 cm³/mol. The summed E-state index contributed by atoms with van der Waals surface area (Å²) in [6.45, 7) is 13.2. The van der Waals surface area contributed by atoms with Crippen LogP contribution >= 0.6 is 0 Å². The molecule has 1 aliphatic carbocycles. The minimum Gasteiger partial charge on any atom is -0.660 e. The van der Waals surface area contributed by atoms with E-state index in [2.05, 4.69) is 71.9 Å². The third-order valence-corrected chi connectivity index (χ3v) is 10.4. The maximum absolute atomic E-state index is 12.3. The summed E-state index contributed by atoms with van der Waals surface area (Å²) in [7, 11) is 1.45. The number of benzene rings is 1. The minimum atomic E-state index is -0.245. The summed E-state index contributed by atoms with van der Waals surface area (Å²) >= 11 is 0. The van der Waals surface area contributed by atoms with Crippen LogP contribution in [-0.2, 0) is 44.3 Å². The van der Waals surface area contributed by atoms with Gasteiger partial charge in [-0.3, -0.25) is 4.79 Å². The molecule has 7 heteroatoms. The number of esters is 1. The number of hydrogen-bond acceptors (Lipinski definition) is 4. The van der Waals surface area contributed by atoms with E-state index < -0.39 is 0 Å². The van der Waals surface area contributed by atoms with Gasteiger partial charge in [0.2, 0.25) is 0 Å². The fourth-order valence-electron chi connectivity index (χ4n) is 7.47. The molecule has 0 saturated heterocycles. The van der Waals surface area contributed by atoms with Crippen molar-refractivity contribution in [1.82, 2.24) is 19.9 Å². The van der Waals surface area contributed by atoms with E-state index >= 15 is 0 Å². The van der Waals surface area contributed by atoms with Gasteiger partial charge >= 0.3 is 22.5 Å². The van der Waals surface area contributed by atoms with Gasteiger partial charge in [0, 0.05) is 6.42 Å². The normalized spacial score (nSPS) is 17.9. The maximum Gasteiger partial charge on any atom is 2.00 e. The van der Waals surface area contributed by atoms with Crippen molar-refractivity contribution >= 4 is 50.2 Å². The van der Waals surface area contributed by atoms with Gasteiger partial charge < -0.3 is 14.7 Å². The summed E-state index contributed by atoms with van der Waals surface area (Å²) in [6, 6.07) is 10.9. The van der Waals surface area contributed by atoms with Crippen LogP contribution in [0.15, 0.2) is 30.3 Å². The Kier molecular flexibility index (Phi) is 7.60. The number of nitrogens with zero attached hydrogens (tertiary/aromatic N) is 4. The number of aromatic nitrogens is 4. The van der Waals surface area contributed by atoms with Gasteiger partial charge in [0.25, 0.3) is 0 Å². The molecule has 0 fully saturated rings. The van der Waals surface area contributed by atoms with E-state index in [1.165, 1.54) is 40.5 Å². The third kappa shape index (κ3) is 4.30. The van der Waals surface area contributed by atoms with Gasteiger partial charge in [-0.2, -0.15) is 0 Å². The van der Waals surface area contributed by atoms with E-state index in [0.29, 0.717) is 12.8 Å². The van der Waals surface area contributed by atoms with Gasteiger partial charge in [-0.25, -0.2) is 9.97 Å². The second kappa shape index (κ2) is 11.0. The van der Waals surface area contributed by atoms with Gasteiger partial charge in [0.15, 0.2) is 0 Å². The molecule has 0 saturated carbocycles. The van der Waals surface area contributed by atoms with Crippen LogP contribution in [0.1, 0.15) is 111 Å². The molecule has 5 heterocycles. The number of ether oxygens (including phenoxy) is 1. The number of rotatable bonds is 5. The number of fused-ring (bicyclic) bond motifs is 8. The molecule has 1 aromatic carbocycles. The van der Waals surface area contributed by atoms with Crippen molar-refractivity contribution in [2.75, 3.05) is 7.11 Å². The third-order valence-electron chi connectivity index (χ3n) is 10.4. The zero-order valence-electron chi connectivity index (χ0n) is 26.6. The maximum atomic E-state index is 12.3. The van der Waals surface area contributed by atoms with Gasteiger partial charge in [0.05, 0.1) is 29.9 Å². The summed E-state index contributed by atoms with van der Waals surface area (Å²) in [6.07, 6.45) is 4.52. The number of para-hydroxylation sites is 1. The molecule has 8 bridgehead atoms. The molecule has 7 rings (SSSR count). The molecule has 1 unspecified atom stereocenters. The molecule has 0 spiro atoms. The molecule has 3 aromatic rings. The fourth-order valence-corrected chi connectivity index (χ4v) is 7.47. The largest absolute Gasteiger partial charge is 2.00 e. The molecule has 6 nitrogen and oxygen atoms in total. The zero-order chi connectivity index (χ0) is 30.2. The van der Waals surface area contributed by atoms with Gasteiger partial charge in [0.1, 0.15) is 0 Å². The van der Waals surface area contributed by atoms with Crippen LogP contribution in [0.2, 0.25) is 0 Å². The molecular weight excluding hydrogens is 591 g/mol. The van der Waals surface area contributed by atoms with Crippen LogP contribution in [0.3, 0.4) is 0 Å². The second-order valence-corrected chi connectivity index (χ2v) is 12.4. The first-order chi connectivity index (χ1) is 20.7. The zero-order valence-corrected chi connectivity index (χ0v) is 27.5. The summed E-state index contributed by atoms with van der Waals surface area (Å²) < 4.78 is 5.03. The van der Waals surface area contributed by atoms with E-state index in [4.69, 9.17) is 24.7 Å². The Hall–Kier alpha value is -3.70. The van der Waals surface area contributed by atoms with E-state index in [-0.39, 0.29) is 27.9 Å². The summed E-state index contributed by atoms with van der Waals surface area (Å²) in [4.78, 5) is 33.5. The van der Waals surface area contributed by atoms with Crippen LogP contribution in [0.4, 0.5) is 0 Å². The molecule has 0 N–H and O–H groups in total. The SMILES string of the molecule is CCC1=C(C)c2cc3[n-]c4c(cccc4c4nc(c5c6[n-]c(cc1n2)c(C)c6CC5)C(CCC(=O)OC)=C4C)C3(C)CC.[Ni+2]. The van der Waals surface area contributed by atoms with Crippen LogP contribution < -0.4 is 9.97 Å². The summed E-state index contributed by atoms with van der Waals surface area (Å²) in [5.74, 6) is -0.213. The van der Waals surface area contributed by atoms with Crippen LogP contribution in [0.25, 0.3) is 44.2 Å². The Morgan fingerprint density at radius 1 is 0.932 bits per heavy atom. The van der Waals surface area contributed by atoms with Crippen molar-refractivity contribution < 1.29 is 26.0 Å². The van der Waals surface area contributed by atoms with Gasteiger partial charge in [-0.15, -0.1) is 22.2 Å². The minimum absolute atomic E-state index is 0. The number of carbonyl (C=O) groups is 1. The fraction of sp³-hybridized carbons (Fsp3) is 0.378. The van der Waals surface area contributed by atoms with E-state index in [0.717, 1.165) is 87.2 Å². The Balaban J connectivity index is 0.00000343. The topological polar surface area (TPSA) is 80.3 Å². The van der Waals surface area contributed by atoms with Crippen LogP contribution in [0, 0.1) is 6.92 Å². The van der Waals surface area contributed by atoms with E-state index in [9.17, 15) is 4.79 Å². The van der Waals surface area contributed by atoms with Crippen LogP contribution in [0.5, 0.6) is 0 Å². The van der Waals surface area contributed by atoms with E-state index in [1.54, 1.807) is 0 Å². The Bertz CT molecular complexity index is 2010. The average Bonchev–Trinajstić information content (AvgIpc) is 3.78. The quantitative estimate of drug-likeness (QED) is 0.212. The Morgan fingerprint density at radius 3 is 2.43 bits per heavy atom. The molecule has 4 aliphatic rings. The molecule has 3 aliphatic heterocycles. The van der Waals surface area contributed by atoms with Crippen molar-refractivity contribution in [3.8, 4) is 0 Å². The number of aryl methyl sites for hydroxylation is 3. The first kappa shape index (κ1) is 30.3. The molecule has 2 aromatic heterocycles.